The zero-order valence-electron chi connectivity index (χ0n) is 8.32. The number of aromatic nitrogens is 5. The van der Waals surface area contributed by atoms with E-state index in [1.165, 1.54) is 12.4 Å². The highest BCUT2D eigenvalue weighted by molar-refractivity contribution is 5.70. The smallest absolute Gasteiger partial charge is 0.268 e. The molecule has 16 heavy (non-hydrogen) atoms. The maximum atomic E-state index is 10.4. The van der Waals surface area contributed by atoms with Crippen LogP contribution in [0, 0.1) is 18.3 Å². The van der Waals surface area contributed by atoms with Crippen molar-refractivity contribution >= 4 is 6.29 Å². The fourth-order valence-electron chi connectivity index (χ4n) is 1.09. The van der Waals surface area contributed by atoms with Crippen molar-refractivity contribution < 1.29 is 4.79 Å². The van der Waals surface area contributed by atoms with Gasteiger partial charge in [0.05, 0.1) is 23.7 Å². The number of rotatable bonds is 2. The van der Waals surface area contributed by atoms with Crippen LogP contribution >= 0.6 is 0 Å². The molecule has 0 saturated carbocycles. The Kier molecular flexibility index (Phi) is 2.39. The van der Waals surface area contributed by atoms with Crippen LogP contribution < -0.4 is 0 Å². The zero-order valence-corrected chi connectivity index (χ0v) is 8.32. The van der Waals surface area contributed by atoms with Crippen molar-refractivity contribution in [1.82, 2.24) is 25.0 Å². The first kappa shape index (κ1) is 9.92. The number of aldehydes is 1. The lowest BCUT2D eigenvalue weighted by Crippen LogP contribution is -2.06. The molecule has 0 aromatic carbocycles. The van der Waals surface area contributed by atoms with Gasteiger partial charge in [-0.1, -0.05) is 0 Å². The second-order valence-electron chi connectivity index (χ2n) is 2.96. The molecule has 7 heteroatoms. The SMILES string of the molecule is Cc1nc(-n2ncc(C=O)n2)ncc1C#N. The molecule has 78 valence electrons. The van der Waals surface area contributed by atoms with Gasteiger partial charge in [0, 0.05) is 0 Å². The predicted octanol–water partition coefficient (Wildman–Crippen LogP) is 0.0499. The van der Waals surface area contributed by atoms with Crippen molar-refractivity contribution in [2.24, 2.45) is 0 Å². The molecule has 2 aromatic rings. The summed E-state index contributed by atoms with van der Waals surface area (Å²) in [4.78, 5) is 19.5. The molecule has 0 fully saturated rings. The van der Waals surface area contributed by atoms with Crippen molar-refractivity contribution in [3.63, 3.8) is 0 Å². The third-order valence-corrected chi connectivity index (χ3v) is 1.90. The van der Waals surface area contributed by atoms with Gasteiger partial charge in [0.2, 0.25) is 0 Å². The first-order valence-corrected chi connectivity index (χ1v) is 4.36. The van der Waals surface area contributed by atoms with Gasteiger partial charge in [0.25, 0.3) is 5.95 Å². The van der Waals surface area contributed by atoms with Crippen LogP contribution in [-0.2, 0) is 0 Å². The molecule has 0 amide bonds. The average Bonchev–Trinajstić information content (AvgIpc) is 2.77. The highest BCUT2D eigenvalue weighted by Gasteiger charge is 2.07. The number of carbonyl (C=O) groups excluding carboxylic acids is 1. The molecule has 0 aliphatic heterocycles. The van der Waals surface area contributed by atoms with E-state index in [0.29, 0.717) is 17.5 Å². The van der Waals surface area contributed by atoms with Crippen LogP contribution in [0.2, 0.25) is 0 Å². The molecular weight excluding hydrogens is 208 g/mol. The molecule has 0 spiro atoms. The number of aryl methyl sites for hydroxylation is 1. The van der Waals surface area contributed by atoms with Gasteiger partial charge < -0.3 is 0 Å². The highest BCUT2D eigenvalue weighted by atomic mass is 16.1. The minimum absolute atomic E-state index is 0.200. The Morgan fingerprint density at radius 3 is 2.88 bits per heavy atom. The lowest BCUT2D eigenvalue weighted by Gasteiger charge is -1.99. The Morgan fingerprint density at radius 2 is 2.31 bits per heavy atom. The van der Waals surface area contributed by atoms with Crippen molar-refractivity contribution in [1.29, 1.82) is 5.26 Å². The summed E-state index contributed by atoms with van der Waals surface area (Å²) >= 11 is 0. The predicted molar refractivity (Wildman–Crippen MR) is 51.8 cm³/mol. The van der Waals surface area contributed by atoms with E-state index in [-0.39, 0.29) is 11.6 Å². The molecule has 0 aliphatic carbocycles. The molecule has 0 bridgehead atoms. The average molecular weight is 214 g/mol. The quantitative estimate of drug-likeness (QED) is 0.655. The summed E-state index contributed by atoms with van der Waals surface area (Å²) in [6.07, 6.45) is 3.28. The van der Waals surface area contributed by atoms with Gasteiger partial charge in [-0.15, -0.1) is 9.90 Å². The lowest BCUT2D eigenvalue weighted by atomic mass is 10.3. The standard InChI is InChI=1S/C9H6N6O/c1-6-7(2-10)3-11-9(13-6)15-12-4-8(5-16)14-15/h3-5H,1H3. The number of hydrogen-bond donors (Lipinski definition) is 0. The van der Waals surface area contributed by atoms with E-state index in [9.17, 15) is 4.79 Å². The van der Waals surface area contributed by atoms with Crippen LogP contribution in [0.5, 0.6) is 0 Å². The topological polar surface area (TPSA) is 97.3 Å². The van der Waals surface area contributed by atoms with Gasteiger partial charge in [0.15, 0.2) is 6.29 Å². The second kappa shape index (κ2) is 3.86. The molecule has 2 aromatic heterocycles. The molecule has 0 aliphatic rings. The highest BCUT2D eigenvalue weighted by Crippen LogP contribution is 2.04. The Morgan fingerprint density at radius 1 is 1.50 bits per heavy atom. The van der Waals surface area contributed by atoms with E-state index >= 15 is 0 Å². The summed E-state index contributed by atoms with van der Waals surface area (Å²) in [5.41, 5.74) is 1.13. The molecule has 0 radical (unpaired) electrons. The molecular formula is C9H6N6O. The maximum absolute atomic E-state index is 10.4. The van der Waals surface area contributed by atoms with Crippen LogP contribution in [0.15, 0.2) is 12.4 Å². The minimum atomic E-state index is 0.200. The van der Waals surface area contributed by atoms with E-state index in [0.717, 1.165) is 4.80 Å². The van der Waals surface area contributed by atoms with Gasteiger partial charge >= 0.3 is 0 Å². The van der Waals surface area contributed by atoms with E-state index in [4.69, 9.17) is 5.26 Å². The van der Waals surface area contributed by atoms with Crippen LogP contribution in [0.25, 0.3) is 5.95 Å². The summed E-state index contributed by atoms with van der Waals surface area (Å²) in [5.74, 6) is 0.226. The van der Waals surface area contributed by atoms with Gasteiger partial charge in [-0.25, -0.2) is 9.97 Å². The Balaban J connectivity index is 2.45. The Bertz CT molecular complexity index is 582. The molecule has 0 unspecified atom stereocenters. The van der Waals surface area contributed by atoms with Crippen LogP contribution in [0.1, 0.15) is 21.7 Å². The number of carbonyl (C=O) groups is 1. The van der Waals surface area contributed by atoms with E-state index in [1.54, 1.807) is 6.92 Å². The van der Waals surface area contributed by atoms with E-state index in [1.807, 2.05) is 6.07 Å². The summed E-state index contributed by atoms with van der Waals surface area (Å²) in [6, 6.07) is 1.96. The third kappa shape index (κ3) is 1.64. The Hall–Kier alpha value is -2.62. The minimum Gasteiger partial charge on any atom is -0.296 e. The molecule has 2 rings (SSSR count). The van der Waals surface area contributed by atoms with Gasteiger partial charge in [-0.3, -0.25) is 4.79 Å². The monoisotopic (exact) mass is 214 g/mol. The molecule has 0 saturated heterocycles. The molecule has 7 nitrogen and oxygen atoms in total. The first-order valence-electron chi connectivity index (χ1n) is 4.36. The summed E-state index contributed by atoms with van der Waals surface area (Å²) < 4.78 is 0. The van der Waals surface area contributed by atoms with Crippen LogP contribution in [-0.4, -0.2) is 31.2 Å². The first-order chi connectivity index (χ1) is 7.74. The fraction of sp³-hybridized carbons (Fsp3) is 0.111. The lowest BCUT2D eigenvalue weighted by molar-refractivity contribution is 0.111. The van der Waals surface area contributed by atoms with Crippen molar-refractivity contribution in [2.75, 3.05) is 0 Å². The summed E-state index contributed by atoms with van der Waals surface area (Å²) in [6.45, 7) is 1.69. The van der Waals surface area contributed by atoms with Crippen molar-refractivity contribution in [3.05, 3.63) is 29.3 Å². The fourth-order valence-corrected chi connectivity index (χ4v) is 1.09. The third-order valence-electron chi connectivity index (χ3n) is 1.90. The number of hydrogen-bond acceptors (Lipinski definition) is 6. The van der Waals surface area contributed by atoms with E-state index in [2.05, 4.69) is 20.2 Å². The van der Waals surface area contributed by atoms with Gasteiger partial charge in [0.1, 0.15) is 11.8 Å². The molecule has 0 atom stereocenters. The number of nitrogens with zero attached hydrogens (tertiary/aromatic N) is 6. The van der Waals surface area contributed by atoms with Crippen LogP contribution in [0.3, 0.4) is 0 Å². The Labute approximate surface area is 90.4 Å². The van der Waals surface area contributed by atoms with E-state index < -0.39 is 0 Å². The number of nitriles is 1. The second-order valence-corrected chi connectivity index (χ2v) is 2.96. The normalized spacial score (nSPS) is 9.75. The van der Waals surface area contributed by atoms with Crippen LogP contribution in [0.4, 0.5) is 0 Å². The van der Waals surface area contributed by atoms with Crippen molar-refractivity contribution in [2.45, 2.75) is 6.92 Å². The molecule has 0 N–H and O–H groups in total. The zero-order chi connectivity index (χ0) is 11.5. The molecule has 2 heterocycles. The maximum Gasteiger partial charge on any atom is 0.268 e. The summed E-state index contributed by atoms with van der Waals surface area (Å²) in [7, 11) is 0. The van der Waals surface area contributed by atoms with Gasteiger partial charge in [-0.05, 0) is 6.92 Å². The summed E-state index contributed by atoms with van der Waals surface area (Å²) in [5, 5.41) is 16.4. The van der Waals surface area contributed by atoms with Crippen molar-refractivity contribution in [3.8, 4) is 12.0 Å². The largest absolute Gasteiger partial charge is 0.296 e. The van der Waals surface area contributed by atoms with Gasteiger partial charge in [-0.2, -0.15) is 10.4 Å².